The van der Waals surface area contributed by atoms with Crippen LogP contribution in [-0.4, -0.2) is 35.7 Å². The molecule has 88 valence electrons. The van der Waals surface area contributed by atoms with E-state index in [4.69, 9.17) is 4.74 Å². The van der Waals surface area contributed by atoms with Crippen molar-refractivity contribution in [1.29, 1.82) is 0 Å². The van der Waals surface area contributed by atoms with Crippen LogP contribution in [0.1, 0.15) is 33.6 Å². The lowest BCUT2D eigenvalue weighted by atomic mass is 10.2. The van der Waals surface area contributed by atoms with Crippen molar-refractivity contribution in [2.75, 3.05) is 18.1 Å². The summed E-state index contributed by atoms with van der Waals surface area (Å²) in [5.74, 6) is 1.37. The average Bonchev–Trinajstić information content (AvgIpc) is 2.53. The number of nitrogens with one attached hydrogen (secondary N) is 1. The molecule has 0 aromatic rings. The van der Waals surface area contributed by atoms with E-state index >= 15 is 0 Å². The lowest BCUT2D eigenvalue weighted by Crippen LogP contribution is -2.27. The summed E-state index contributed by atoms with van der Waals surface area (Å²) in [4.78, 5) is 11.4. The van der Waals surface area contributed by atoms with E-state index in [9.17, 15) is 4.79 Å². The van der Waals surface area contributed by atoms with Crippen LogP contribution in [0.25, 0.3) is 0 Å². The van der Waals surface area contributed by atoms with Crippen LogP contribution in [0.3, 0.4) is 0 Å². The van der Waals surface area contributed by atoms with Crippen LogP contribution in [0.2, 0.25) is 0 Å². The first kappa shape index (κ1) is 12.8. The van der Waals surface area contributed by atoms with Gasteiger partial charge in [0.25, 0.3) is 0 Å². The van der Waals surface area contributed by atoms with Gasteiger partial charge in [0.15, 0.2) is 0 Å². The highest BCUT2D eigenvalue weighted by atomic mass is 32.2. The number of carbonyl (C=O) groups excluding carboxylic acids is 1. The van der Waals surface area contributed by atoms with Crippen molar-refractivity contribution >= 4 is 17.7 Å². The van der Waals surface area contributed by atoms with Gasteiger partial charge in [-0.1, -0.05) is 0 Å². The maximum atomic E-state index is 11.4. The first-order valence-corrected chi connectivity index (χ1v) is 6.66. The Bertz CT molecular complexity index is 207. The zero-order chi connectivity index (χ0) is 11.3. The molecule has 0 saturated carbocycles. The first-order chi connectivity index (χ1) is 6.97. The van der Waals surface area contributed by atoms with Crippen molar-refractivity contribution in [1.82, 2.24) is 5.32 Å². The summed E-state index contributed by atoms with van der Waals surface area (Å²) in [6, 6.07) is 0.595. The second-order valence-electron chi connectivity index (χ2n) is 4.89. The van der Waals surface area contributed by atoms with Gasteiger partial charge in [0, 0.05) is 11.8 Å². The molecule has 0 aromatic heterocycles. The first-order valence-electron chi connectivity index (χ1n) is 5.50. The SMILES string of the molecule is CC(C)(C)OC(=O)CSC[C@H]1CCCN1. The minimum atomic E-state index is -0.358. The van der Waals surface area contributed by atoms with Crippen LogP contribution >= 0.6 is 11.8 Å². The molecular weight excluding hydrogens is 210 g/mol. The summed E-state index contributed by atoms with van der Waals surface area (Å²) in [5, 5.41) is 3.41. The van der Waals surface area contributed by atoms with Crippen molar-refractivity contribution < 1.29 is 9.53 Å². The number of hydrogen-bond acceptors (Lipinski definition) is 4. The Hall–Kier alpha value is -0.220. The Morgan fingerprint density at radius 1 is 1.53 bits per heavy atom. The van der Waals surface area contributed by atoms with Crippen molar-refractivity contribution in [3.63, 3.8) is 0 Å². The quantitative estimate of drug-likeness (QED) is 0.749. The monoisotopic (exact) mass is 231 g/mol. The predicted octanol–water partition coefficient (Wildman–Crippen LogP) is 1.81. The summed E-state index contributed by atoms with van der Waals surface area (Å²) < 4.78 is 5.22. The van der Waals surface area contributed by atoms with Gasteiger partial charge in [0.1, 0.15) is 5.60 Å². The third kappa shape index (κ3) is 6.05. The van der Waals surface area contributed by atoms with Crippen molar-refractivity contribution in [3.8, 4) is 0 Å². The maximum absolute atomic E-state index is 11.4. The second kappa shape index (κ2) is 5.75. The van der Waals surface area contributed by atoms with E-state index in [0.29, 0.717) is 11.8 Å². The molecule has 4 heteroatoms. The molecule has 1 fully saturated rings. The number of thioether (sulfide) groups is 1. The number of rotatable bonds is 4. The normalized spacial score (nSPS) is 21.7. The van der Waals surface area contributed by atoms with E-state index in [2.05, 4.69) is 5.32 Å². The lowest BCUT2D eigenvalue weighted by molar-refractivity contribution is -0.151. The van der Waals surface area contributed by atoms with E-state index in [1.165, 1.54) is 12.8 Å². The van der Waals surface area contributed by atoms with Crippen molar-refractivity contribution in [3.05, 3.63) is 0 Å². The molecular formula is C11H21NO2S. The highest BCUT2D eigenvalue weighted by Crippen LogP contribution is 2.14. The molecule has 1 N–H and O–H groups in total. The largest absolute Gasteiger partial charge is 0.459 e. The van der Waals surface area contributed by atoms with Gasteiger partial charge in [0.05, 0.1) is 5.75 Å². The fraction of sp³-hybridized carbons (Fsp3) is 0.909. The van der Waals surface area contributed by atoms with Gasteiger partial charge in [-0.2, -0.15) is 0 Å². The summed E-state index contributed by atoms with van der Waals surface area (Å²) in [6.07, 6.45) is 2.50. The molecule has 1 heterocycles. The van der Waals surface area contributed by atoms with E-state index < -0.39 is 0 Å². The summed E-state index contributed by atoms with van der Waals surface area (Å²) in [6.45, 7) is 6.81. The van der Waals surface area contributed by atoms with Gasteiger partial charge in [-0.15, -0.1) is 11.8 Å². The minimum absolute atomic E-state index is 0.106. The minimum Gasteiger partial charge on any atom is -0.459 e. The fourth-order valence-electron chi connectivity index (χ4n) is 1.55. The second-order valence-corrected chi connectivity index (χ2v) is 5.93. The molecule has 0 radical (unpaired) electrons. The maximum Gasteiger partial charge on any atom is 0.316 e. The third-order valence-electron chi connectivity index (χ3n) is 2.12. The highest BCUT2D eigenvalue weighted by molar-refractivity contribution is 7.99. The summed E-state index contributed by atoms with van der Waals surface area (Å²) in [5.41, 5.74) is -0.358. The van der Waals surface area contributed by atoms with Crippen LogP contribution in [0, 0.1) is 0 Å². The van der Waals surface area contributed by atoms with Gasteiger partial charge >= 0.3 is 5.97 Å². The standard InChI is InChI=1S/C11H21NO2S/c1-11(2,3)14-10(13)8-15-7-9-5-4-6-12-9/h9,12H,4-8H2,1-3H3/t9-/m1/s1. The van der Waals surface area contributed by atoms with E-state index in [1.54, 1.807) is 11.8 Å². The highest BCUT2D eigenvalue weighted by Gasteiger charge is 2.18. The van der Waals surface area contributed by atoms with E-state index in [-0.39, 0.29) is 11.6 Å². The zero-order valence-corrected chi connectivity index (χ0v) is 10.7. The molecule has 1 saturated heterocycles. The molecule has 3 nitrogen and oxygen atoms in total. The lowest BCUT2D eigenvalue weighted by Gasteiger charge is -2.19. The Balaban J connectivity index is 2.06. The van der Waals surface area contributed by atoms with Crippen LogP contribution < -0.4 is 5.32 Å². The summed E-state index contributed by atoms with van der Waals surface area (Å²) >= 11 is 1.66. The van der Waals surface area contributed by atoms with Gasteiger partial charge < -0.3 is 10.1 Å². The molecule has 1 atom stereocenters. The molecule has 0 unspecified atom stereocenters. The van der Waals surface area contributed by atoms with Crippen LogP contribution in [0.15, 0.2) is 0 Å². The smallest absolute Gasteiger partial charge is 0.316 e. The molecule has 15 heavy (non-hydrogen) atoms. The molecule has 1 aliphatic rings. The van der Waals surface area contributed by atoms with Gasteiger partial charge in [-0.05, 0) is 40.2 Å². The Labute approximate surface area is 96.3 Å². The molecule has 0 aromatic carbocycles. The molecule has 0 aliphatic carbocycles. The van der Waals surface area contributed by atoms with Crippen molar-refractivity contribution in [2.45, 2.75) is 45.3 Å². The van der Waals surface area contributed by atoms with Gasteiger partial charge in [0.2, 0.25) is 0 Å². The molecule has 1 aliphatic heterocycles. The molecule has 0 spiro atoms. The molecule has 1 rings (SSSR count). The Kier molecular flexibility index (Phi) is 4.93. The summed E-state index contributed by atoms with van der Waals surface area (Å²) in [7, 11) is 0. The van der Waals surface area contributed by atoms with E-state index in [1.807, 2.05) is 20.8 Å². The Morgan fingerprint density at radius 2 is 2.27 bits per heavy atom. The topological polar surface area (TPSA) is 38.3 Å². The molecule has 0 bridgehead atoms. The predicted molar refractivity (Wildman–Crippen MR) is 64.2 cm³/mol. The van der Waals surface area contributed by atoms with Crippen LogP contribution in [-0.2, 0) is 9.53 Å². The average molecular weight is 231 g/mol. The Morgan fingerprint density at radius 3 is 2.80 bits per heavy atom. The van der Waals surface area contributed by atoms with Gasteiger partial charge in [-0.3, -0.25) is 4.79 Å². The van der Waals surface area contributed by atoms with Gasteiger partial charge in [-0.25, -0.2) is 0 Å². The zero-order valence-electron chi connectivity index (χ0n) is 9.84. The number of hydrogen-bond donors (Lipinski definition) is 1. The fourth-order valence-corrected chi connectivity index (χ4v) is 2.47. The number of esters is 1. The number of carbonyl (C=O) groups is 1. The van der Waals surface area contributed by atoms with Crippen LogP contribution in [0.4, 0.5) is 0 Å². The number of ether oxygens (including phenoxy) is 1. The van der Waals surface area contributed by atoms with Crippen molar-refractivity contribution in [2.24, 2.45) is 0 Å². The van der Waals surface area contributed by atoms with E-state index in [0.717, 1.165) is 12.3 Å². The third-order valence-corrected chi connectivity index (χ3v) is 3.20. The van der Waals surface area contributed by atoms with Crippen LogP contribution in [0.5, 0.6) is 0 Å². The molecule has 0 amide bonds.